The lowest BCUT2D eigenvalue weighted by Gasteiger charge is -2.01. The van der Waals surface area contributed by atoms with Gasteiger partial charge in [0.2, 0.25) is 0 Å². The van der Waals surface area contributed by atoms with Crippen LogP contribution >= 0.6 is 0 Å². The molecule has 12 heavy (non-hydrogen) atoms. The third kappa shape index (κ3) is 7.11. The number of ether oxygens (including phenoxy) is 1. The van der Waals surface area contributed by atoms with E-state index in [4.69, 9.17) is 15.3 Å². The van der Waals surface area contributed by atoms with Gasteiger partial charge in [0.05, 0.1) is 19.0 Å². The molecule has 0 aromatic rings. The third-order valence-electron chi connectivity index (χ3n) is 0.959. The fraction of sp³-hybridized carbons (Fsp3) is 0.500. The Labute approximate surface area is 71.4 Å². The second-order valence-corrected chi connectivity index (χ2v) is 2.33. The van der Waals surface area contributed by atoms with E-state index in [1.807, 2.05) is 0 Å². The molecule has 0 saturated heterocycles. The summed E-state index contributed by atoms with van der Waals surface area (Å²) in [4.78, 5) is 0. The molecule has 0 radical (unpaired) electrons. The first-order chi connectivity index (χ1) is 5.66. The van der Waals surface area contributed by atoms with Crippen molar-refractivity contribution < 1.29 is 20.1 Å². The zero-order valence-corrected chi connectivity index (χ0v) is 6.97. The van der Waals surface area contributed by atoms with Crippen LogP contribution in [-0.2, 0) is 4.74 Å². The number of hydrogen-bond acceptors (Lipinski definition) is 4. The maximum absolute atomic E-state index is 8.59. The molecule has 0 bridgehead atoms. The molecule has 0 aromatic heterocycles. The molecule has 0 aliphatic carbocycles. The van der Waals surface area contributed by atoms with Gasteiger partial charge >= 0.3 is 0 Å². The molecule has 1 atom stereocenters. The van der Waals surface area contributed by atoms with E-state index in [0.29, 0.717) is 6.61 Å². The molecule has 0 aromatic carbocycles. The highest BCUT2D eigenvalue weighted by Crippen LogP contribution is 1.96. The highest BCUT2D eigenvalue weighted by molar-refractivity contribution is 5.08. The van der Waals surface area contributed by atoms with Gasteiger partial charge in [-0.25, -0.2) is 0 Å². The van der Waals surface area contributed by atoms with Crippen LogP contribution in [0.2, 0.25) is 0 Å². The van der Waals surface area contributed by atoms with E-state index in [-0.39, 0.29) is 12.4 Å². The lowest BCUT2D eigenvalue weighted by atomic mass is 10.4. The standard InChI is InChI=1S/C5H6O2.C3H8O2/c6-5-2-1-3-7-4-5;1-3(5)2-4/h1-3,6H,4H2;3-5H,2H2,1H3. The van der Waals surface area contributed by atoms with Crippen LogP contribution in [0.1, 0.15) is 6.92 Å². The van der Waals surface area contributed by atoms with Gasteiger partial charge in [0.25, 0.3) is 0 Å². The van der Waals surface area contributed by atoms with Gasteiger partial charge < -0.3 is 20.1 Å². The van der Waals surface area contributed by atoms with Crippen molar-refractivity contribution in [2.45, 2.75) is 13.0 Å². The first-order valence-corrected chi connectivity index (χ1v) is 3.62. The predicted octanol–water partition coefficient (Wildman–Crippen LogP) is 0.332. The molecule has 0 saturated carbocycles. The van der Waals surface area contributed by atoms with Crippen molar-refractivity contribution in [1.29, 1.82) is 0 Å². The van der Waals surface area contributed by atoms with Gasteiger partial charge in [-0.2, -0.15) is 0 Å². The Hall–Kier alpha value is -1.00. The fourth-order valence-corrected chi connectivity index (χ4v) is 0.388. The summed E-state index contributed by atoms with van der Waals surface area (Å²) in [5.74, 6) is 0.280. The van der Waals surface area contributed by atoms with Gasteiger partial charge in [-0.1, -0.05) is 0 Å². The smallest absolute Gasteiger partial charge is 0.144 e. The molecule has 0 fully saturated rings. The number of hydrogen-bond donors (Lipinski definition) is 3. The summed E-state index contributed by atoms with van der Waals surface area (Å²) in [7, 11) is 0. The summed E-state index contributed by atoms with van der Waals surface area (Å²) in [6.45, 7) is 1.70. The summed E-state index contributed by atoms with van der Waals surface area (Å²) < 4.78 is 4.68. The molecule has 3 N–H and O–H groups in total. The van der Waals surface area contributed by atoms with Crippen molar-refractivity contribution in [3.05, 3.63) is 24.2 Å². The van der Waals surface area contributed by atoms with Crippen LogP contribution in [0.3, 0.4) is 0 Å². The second-order valence-electron chi connectivity index (χ2n) is 2.33. The predicted molar refractivity (Wildman–Crippen MR) is 44.6 cm³/mol. The van der Waals surface area contributed by atoms with Gasteiger partial charge in [0.15, 0.2) is 0 Å². The topological polar surface area (TPSA) is 69.9 Å². The van der Waals surface area contributed by atoms with Crippen molar-refractivity contribution in [2.75, 3.05) is 13.2 Å². The second kappa shape index (κ2) is 6.69. The SMILES string of the molecule is CC(O)CO.OC1=CC=COC1. The van der Waals surface area contributed by atoms with Crippen molar-refractivity contribution in [1.82, 2.24) is 0 Å². The van der Waals surface area contributed by atoms with Crippen molar-refractivity contribution in [3.63, 3.8) is 0 Å². The van der Waals surface area contributed by atoms with Gasteiger partial charge in [-0.15, -0.1) is 0 Å². The van der Waals surface area contributed by atoms with Gasteiger partial charge in [0, 0.05) is 0 Å². The van der Waals surface area contributed by atoms with Crippen molar-refractivity contribution >= 4 is 0 Å². The molecule has 4 nitrogen and oxygen atoms in total. The third-order valence-corrected chi connectivity index (χ3v) is 0.959. The van der Waals surface area contributed by atoms with E-state index < -0.39 is 6.10 Å². The van der Waals surface area contributed by atoms with Gasteiger partial charge in [-0.3, -0.25) is 0 Å². The minimum Gasteiger partial charge on any atom is -0.509 e. The Morgan fingerprint density at radius 2 is 2.25 bits per heavy atom. The summed E-state index contributed by atoms with van der Waals surface area (Å²) in [5.41, 5.74) is 0. The average molecular weight is 174 g/mol. The van der Waals surface area contributed by atoms with Crippen LogP contribution < -0.4 is 0 Å². The minimum absolute atomic E-state index is 0.139. The summed E-state index contributed by atoms with van der Waals surface area (Å²) >= 11 is 0. The summed E-state index contributed by atoms with van der Waals surface area (Å²) in [6.07, 6.45) is 4.23. The van der Waals surface area contributed by atoms with Gasteiger partial charge in [-0.05, 0) is 19.1 Å². The largest absolute Gasteiger partial charge is 0.509 e. The fourth-order valence-electron chi connectivity index (χ4n) is 0.388. The summed E-state index contributed by atoms with van der Waals surface area (Å²) in [5, 5.41) is 24.6. The number of aliphatic hydroxyl groups is 3. The molecule has 1 heterocycles. The molecule has 0 spiro atoms. The Morgan fingerprint density at radius 1 is 1.67 bits per heavy atom. The van der Waals surface area contributed by atoms with E-state index in [0.717, 1.165) is 0 Å². The molecule has 70 valence electrons. The van der Waals surface area contributed by atoms with Crippen molar-refractivity contribution in [2.24, 2.45) is 0 Å². The van der Waals surface area contributed by atoms with Crippen LogP contribution in [0.5, 0.6) is 0 Å². The molecule has 0 amide bonds. The van der Waals surface area contributed by atoms with E-state index in [2.05, 4.69) is 4.74 Å². The summed E-state index contributed by atoms with van der Waals surface area (Å²) in [6, 6.07) is 0. The van der Waals surface area contributed by atoms with Crippen LogP contribution in [0.25, 0.3) is 0 Å². The maximum atomic E-state index is 8.59. The average Bonchev–Trinajstić information content (AvgIpc) is 2.07. The van der Waals surface area contributed by atoms with Gasteiger partial charge in [0.1, 0.15) is 12.4 Å². The van der Waals surface area contributed by atoms with E-state index >= 15 is 0 Å². The Morgan fingerprint density at radius 3 is 2.42 bits per heavy atom. The van der Waals surface area contributed by atoms with Crippen molar-refractivity contribution in [3.8, 4) is 0 Å². The van der Waals surface area contributed by atoms with E-state index in [9.17, 15) is 0 Å². The molecule has 1 aliphatic rings. The van der Waals surface area contributed by atoms with Crippen LogP contribution in [0.15, 0.2) is 24.2 Å². The Balaban J connectivity index is 0.000000217. The molecule has 1 rings (SSSR count). The normalized spacial score (nSPS) is 16.8. The zero-order chi connectivity index (χ0) is 9.40. The molecule has 1 unspecified atom stereocenters. The lowest BCUT2D eigenvalue weighted by Crippen LogP contribution is -2.03. The lowest BCUT2D eigenvalue weighted by molar-refractivity contribution is 0.110. The van der Waals surface area contributed by atoms with E-state index in [1.165, 1.54) is 6.92 Å². The highest BCUT2D eigenvalue weighted by Gasteiger charge is 1.91. The quantitative estimate of drug-likeness (QED) is 0.536. The number of allylic oxidation sites excluding steroid dienone is 2. The maximum Gasteiger partial charge on any atom is 0.144 e. The highest BCUT2D eigenvalue weighted by atomic mass is 16.5. The molecule has 1 aliphatic heterocycles. The van der Waals surface area contributed by atoms with Crippen LogP contribution in [0, 0.1) is 0 Å². The molecular weight excluding hydrogens is 160 g/mol. The Bertz CT molecular complexity index is 160. The Kier molecular flexibility index (Phi) is 6.14. The van der Waals surface area contributed by atoms with Crippen LogP contribution in [0.4, 0.5) is 0 Å². The molecule has 4 heteroatoms. The van der Waals surface area contributed by atoms with E-state index in [1.54, 1.807) is 18.4 Å². The van der Waals surface area contributed by atoms with Crippen LogP contribution in [-0.4, -0.2) is 34.6 Å². The zero-order valence-electron chi connectivity index (χ0n) is 6.97. The first kappa shape index (κ1) is 11.0. The minimum atomic E-state index is -0.560. The molecular formula is C8H14O4. The first-order valence-electron chi connectivity index (χ1n) is 3.62. The number of rotatable bonds is 1. The number of aliphatic hydroxyl groups excluding tert-OH is 3. The monoisotopic (exact) mass is 174 g/mol.